The van der Waals surface area contributed by atoms with Gasteiger partial charge in [-0.2, -0.15) is 5.10 Å². The molecule has 1 aromatic heterocycles. The van der Waals surface area contributed by atoms with Crippen molar-refractivity contribution in [3.63, 3.8) is 0 Å². The molecule has 0 saturated heterocycles. The molecule has 2 aromatic rings. The number of nitrogens with zero attached hydrogens (tertiary/aromatic N) is 2. The van der Waals surface area contributed by atoms with E-state index in [1.165, 1.54) is 0 Å². The molecule has 0 fully saturated rings. The molecule has 0 unspecified atom stereocenters. The summed E-state index contributed by atoms with van der Waals surface area (Å²) in [6.45, 7) is 0.443. The molecule has 0 atom stereocenters. The van der Waals surface area contributed by atoms with Crippen LogP contribution in [0.5, 0.6) is 5.75 Å². The molecule has 1 aromatic carbocycles. The summed E-state index contributed by atoms with van der Waals surface area (Å²) in [7, 11) is 1.63. The van der Waals surface area contributed by atoms with Gasteiger partial charge in [0.05, 0.1) is 13.7 Å². The Morgan fingerprint density at radius 3 is 2.71 bits per heavy atom. The van der Waals surface area contributed by atoms with Gasteiger partial charge in [-0.25, -0.2) is 0 Å². The lowest BCUT2D eigenvalue weighted by atomic mass is 10.2. The minimum atomic E-state index is -0.136. The van der Waals surface area contributed by atoms with Crippen molar-refractivity contribution in [1.29, 1.82) is 0 Å². The number of nitrogens with one attached hydrogen (secondary N) is 1. The van der Waals surface area contributed by atoms with Crippen LogP contribution in [0.1, 0.15) is 11.4 Å². The molecule has 0 aliphatic heterocycles. The van der Waals surface area contributed by atoms with Crippen LogP contribution in [0.3, 0.4) is 0 Å². The number of benzene rings is 1. The Balaban J connectivity index is 2.24. The second kappa shape index (κ2) is 5.11. The van der Waals surface area contributed by atoms with Crippen LogP contribution in [0.15, 0.2) is 24.3 Å². The second-order valence-electron chi connectivity index (χ2n) is 3.54. The van der Waals surface area contributed by atoms with Crippen LogP contribution in [0.2, 0.25) is 0 Å². The molecule has 17 heavy (non-hydrogen) atoms. The highest BCUT2D eigenvalue weighted by atomic mass is 32.1. The molecule has 0 aliphatic rings. The Morgan fingerprint density at radius 1 is 1.41 bits per heavy atom. The van der Waals surface area contributed by atoms with Gasteiger partial charge in [-0.15, -0.1) is 0 Å². The highest BCUT2D eigenvalue weighted by Crippen LogP contribution is 2.13. The van der Waals surface area contributed by atoms with Crippen LogP contribution < -0.4 is 4.74 Å². The lowest BCUT2D eigenvalue weighted by Crippen LogP contribution is -2.05. The number of ether oxygens (including phenoxy) is 1. The van der Waals surface area contributed by atoms with Crippen molar-refractivity contribution in [2.24, 2.45) is 0 Å². The van der Waals surface area contributed by atoms with Gasteiger partial charge in [0.15, 0.2) is 10.6 Å². The first-order chi connectivity index (χ1) is 8.24. The van der Waals surface area contributed by atoms with Gasteiger partial charge in [0, 0.05) is 0 Å². The molecular weight excluding hydrogens is 238 g/mol. The van der Waals surface area contributed by atoms with Gasteiger partial charge >= 0.3 is 0 Å². The topological polar surface area (TPSA) is 63.1 Å². The van der Waals surface area contributed by atoms with E-state index in [4.69, 9.17) is 22.1 Å². The maximum absolute atomic E-state index is 9.12. The molecule has 90 valence electrons. The zero-order valence-corrected chi connectivity index (χ0v) is 10.2. The van der Waals surface area contributed by atoms with Crippen molar-refractivity contribution < 1.29 is 9.84 Å². The number of hydrogen-bond donors (Lipinski definition) is 2. The van der Waals surface area contributed by atoms with Crippen LogP contribution in [-0.2, 0) is 13.2 Å². The van der Waals surface area contributed by atoms with Crippen molar-refractivity contribution in [2.45, 2.75) is 13.2 Å². The summed E-state index contributed by atoms with van der Waals surface area (Å²) < 4.78 is 7.35. The molecule has 5 nitrogen and oxygen atoms in total. The zero-order valence-electron chi connectivity index (χ0n) is 9.38. The Hall–Kier alpha value is -1.66. The van der Waals surface area contributed by atoms with Crippen LogP contribution in [0.25, 0.3) is 0 Å². The fourth-order valence-electron chi connectivity index (χ4n) is 1.55. The number of aliphatic hydroxyl groups is 1. The molecule has 0 saturated carbocycles. The fraction of sp³-hybridized carbons (Fsp3) is 0.273. The maximum atomic E-state index is 9.12. The third-order valence-electron chi connectivity index (χ3n) is 2.48. The second-order valence-corrected chi connectivity index (χ2v) is 3.92. The normalized spacial score (nSPS) is 10.5. The number of aromatic nitrogens is 3. The van der Waals surface area contributed by atoms with E-state index in [2.05, 4.69) is 10.2 Å². The SMILES string of the molecule is COc1ccc(Cn2c(CO)n[nH]c2=S)cc1. The standard InChI is InChI=1S/C11H13N3O2S/c1-16-9-4-2-8(3-5-9)6-14-10(7-15)12-13-11(14)17/h2-5,15H,6-7H2,1H3,(H,13,17). The third-order valence-corrected chi connectivity index (χ3v) is 2.79. The van der Waals surface area contributed by atoms with Gasteiger partial charge in [0.25, 0.3) is 0 Å². The predicted octanol–water partition coefficient (Wildman–Crippen LogP) is 1.49. The molecule has 0 radical (unpaired) electrons. The third kappa shape index (κ3) is 2.54. The van der Waals surface area contributed by atoms with Crippen molar-refractivity contribution in [3.05, 3.63) is 40.4 Å². The number of rotatable bonds is 4. The van der Waals surface area contributed by atoms with Gasteiger partial charge in [-0.3, -0.25) is 9.67 Å². The Bertz CT molecular complexity index is 545. The highest BCUT2D eigenvalue weighted by Gasteiger charge is 2.05. The van der Waals surface area contributed by atoms with E-state index >= 15 is 0 Å². The van der Waals surface area contributed by atoms with E-state index in [9.17, 15) is 0 Å². The highest BCUT2D eigenvalue weighted by molar-refractivity contribution is 7.71. The minimum absolute atomic E-state index is 0.136. The predicted molar refractivity (Wildman–Crippen MR) is 65.4 cm³/mol. The quantitative estimate of drug-likeness (QED) is 0.808. The van der Waals surface area contributed by atoms with Crippen molar-refractivity contribution in [3.8, 4) is 5.75 Å². The molecular formula is C11H13N3O2S. The fourth-order valence-corrected chi connectivity index (χ4v) is 1.76. The van der Waals surface area contributed by atoms with Crippen LogP contribution in [0.4, 0.5) is 0 Å². The van der Waals surface area contributed by atoms with E-state index in [-0.39, 0.29) is 6.61 Å². The lowest BCUT2D eigenvalue weighted by Gasteiger charge is -2.06. The first-order valence-electron chi connectivity index (χ1n) is 5.12. The van der Waals surface area contributed by atoms with Crippen LogP contribution >= 0.6 is 12.2 Å². The van der Waals surface area contributed by atoms with Gasteiger partial charge in [0.1, 0.15) is 12.4 Å². The van der Waals surface area contributed by atoms with Gasteiger partial charge in [-0.05, 0) is 29.9 Å². The molecule has 0 amide bonds. The zero-order chi connectivity index (χ0) is 12.3. The monoisotopic (exact) mass is 251 g/mol. The molecule has 2 N–H and O–H groups in total. The molecule has 1 heterocycles. The van der Waals surface area contributed by atoms with Crippen molar-refractivity contribution in [1.82, 2.24) is 14.8 Å². The summed E-state index contributed by atoms with van der Waals surface area (Å²) in [5.74, 6) is 1.35. The smallest absolute Gasteiger partial charge is 0.195 e. The summed E-state index contributed by atoms with van der Waals surface area (Å²) in [5.41, 5.74) is 1.07. The van der Waals surface area contributed by atoms with Gasteiger partial charge < -0.3 is 9.84 Å². The van der Waals surface area contributed by atoms with Gasteiger partial charge in [0.2, 0.25) is 0 Å². The molecule has 0 aliphatic carbocycles. The van der Waals surface area contributed by atoms with E-state index in [1.54, 1.807) is 11.7 Å². The summed E-state index contributed by atoms with van der Waals surface area (Å²) >= 11 is 5.10. The molecule has 0 spiro atoms. The molecule has 6 heteroatoms. The van der Waals surface area contributed by atoms with E-state index < -0.39 is 0 Å². The Morgan fingerprint density at radius 2 is 2.12 bits per heavy atom. The average molecular weight is 251 g/mol. The summed E-state index contributed by atoms with van der Waals surface area (Å²) in [4.78, 5) is 0. The number of H-pyrrole nitrogens is 1. The molecule has 2 rings (SSSR count). The Kier molecular flexibility index (Phi) is 3.55. The summed E-state index contributed by atoms with van der Waals surface area (Å²) in [5, 5.41) is 15.7. The molecule has 0 bridgehead atoms. The maximum Gasteiger partial charge on any atom is 0.195 e. The number of methoxy groups -OCH3 is 1. The number of aliphatic hydroxyl groups excluding tert-OH is 1. The van der Waals surface area contributed by atoms with E-state index in [0.29, 0.717) is 17.1 Å². The lowest BCUT2D eigenvalue weighted by molar-refractivity contribution is 0.265. The number of hydrogen-bond acceptors (Lipinski definition) is 4. The van der Waals surface area contributed by atoms with Crippen LogP contribution in [0, 0.1) is 4.77 Å². The number of aromatic amines is 1. The van der Waals surface area contributed by atoms with Crippen molar-refractivity contribution in [2.75, 3.05) is 7.11 Å². The largest absolute Gasteiger partial charge is 0.497 e. The van der Waals surface area contributed by atoms with Crippen LogP contribution in [-0.4, -0.2) is 27.0 Å². The minimum Gasteiger partial charge on any atom is -0.497 e. The Labute approximate surface area is 104 Å². The van der Waals surface area contributed by atoms with Crippen molar-refractivity contribution >= 4 is 12.2 Å². The first-order valence-corrected chi connectivity index (χ1v) is 5.53. The van der Waals surface area contributed by atoms with E-state index in [0.717, 1.165) is 11.3 Å². The summed E-state index contributed by atoms with van der Waals surface area (Å²) in [6.07, 6.45) is 0. The summed E-state index contributed by atoms with van der Waals surface area (Å²) in [6, 6.07) is 7.68. The first kappa shape index (κ1) is 11.8. The van der Waals surface area contributed by atoms with E-state index in [1.807, 2.05) is 24.3 Å². The average Bonchev–Trinajstić information content (AvgIpc) is 2.71. The van der Waals surface area contributed by atoms with Gasteiger partial charge in [-0.1, -0.05) is 12.1 Å².